The lowest BCUT2D eigenvalue weighted by atomic mass is 9.95. The van der Waals surface area contributed by atoms with Crippen molar-refractivity contribution in [3.05, 3.63) is 35.9 Å². The van der Waals surface area contributed by atoms with Crippen LogP contribution >= 0.6 is 0 Å². The second kappa shape index (κ2) is 35.4. The van der Waals surface area contributed by atoms with Crippen molar-refractivity contribution in [1.29, 1.82) is 0 Å². The first kappa shape index (κ1) is 65.3. The zero-order chi connectivity index (χ0) is 55.2. The lowest BCUT2D eigenvalue weighted by Crippen LogP contribution is -2.61. The molecular formula is C50H85N11O12. The molecule has 8 atom stereocenters. The molecule has 0 spiro atoms. The number of primary amides is 1. The van der Waals surface area contributed by atoms with E-state index < -0.39 is 127 Å². The number of carbonyl (C=O) groups excluding carboxylic acids is 10. The average Bonchev–Trinajstić information content (AvgIpc) is 3.32. The lowest BCUT2D eigenvalue weighted by Gasteiger charge is -2.27. The third kappa shape index (κ3) is 27.2. The van der Waals surface area contributed by atoms with Gasteiger partial charge in [0.05, 0.1) is 25.3 Å². The van der Waals surface area contributed by atoms with Crippen molar-refractivity contribution in [2.75, 3.05) is 26.3 Å². The lowest BCUT2D eigenvalue weighted by molar-refractivity contribution is -0.141. The number of aliphatic hydroxyl groups is 2. The van der Waals surface area contributed by atoms with Gasteiger partial charge in [-0.05, 0) is 83.4 Å². The van der Waals surface area contributed by atoms with Gasteiger partial charge in [0.15, 0.2) is 0 Å². The van der Waals surface area contributed by atoms with Crippen LogP contribution in [-0.4, -0.2) is 156 Å². The SMILES string of the molecule is CC(=O)NC(CCCCNC(C)C)C(=O)NC(C)C(=O)N[C@@H](CO)C(=O)NC(Cc1ccccc1)C(=O)N[C@@H](CCC(N)=O)C(=O)NC(CO)C(=O)C(=O)[C@H](CC(C)C)NNC(CCCCNC(C)C)C(C)=O. The molecule has 0 aliphatic rings. The molecular weight excluding hydrogens is 947 g/mol. The summed E-state index contributed by atoms with van der Waals surface area (Å²) in [6.45, 7) is 15.1. The van der Waals surface area contributed by atoms with Crippen molar-refractivity contribution in [2.24, 2.45) is 11.7 Å². The molecule has 1 rings (SSSR count). The van der Waals surface area contributed by atoms with Gasteiger partial charge in [0.2, 0.25) is 52.9 Å². The maximum Gasteiger partial charge on any atom is 0.245 e. The summed E-state index contributed by atoms with van der Waals surface area (Å²) in [7, 11) is 0. The minimum atomic E-state index is -1.81. The number of hydrogen-bond donors (Lipinski definition) is 13. The van der Waals surface area contributed by atoms with Crippen LogP contribution in [0.2, 0.25) is 0 Å². The molecule has 0 aliphatic heterocycles. The number of Topliss-reactive ketones (excluding diaryl/α,β-unsaturated/α-hetero) is 3. The van der Waals surface area contributed by atoms with E-state index >= 15 is 0 Å². The Bertz CT molecular complexity index is 1940. The highest BCUT2D eigenvalue weighted by Gasteiger charge is 2.36. The Kier molecular flexibility index (Phi) is 31.7. The predicted octanol–water partition coefficient (Wildman–Crippen LogP) is -1.63. The maximum atomic E-state index is 14.1. The van der Waals surface area contributed by atoms with E-state index in [1.54, 1.807) is 30.3 Å². The second-order valence-corrected chi connectivity index (χ2v) is 19.4. The quantitative estimate of drug-likeness (QED) is 0.0200. The molecule has 14 N–H and O–H groups in total. The fourth-order valence-electron chi connectivity index (χ4n) is 7.36. The molecule has 0 saturated carbocycles. The molecule has 1 aromatic rings. The molecule has 23 heteroatoms. The number of nitrogens with two attached hydrogens (primary N) is 1. The van der Waals surface area contributed by atoms with Gasteiger partial charge in [0, 0.05) is 31.8 Å². The molecule has 23 nitrogen and oxygen atoms in total. The van der Waals surface area contributed by atoms with Gasteiger partial charge in [0.25, 0.3) is 0 Å². The van der Waals surface area contributed by atoms with Crippen LogP contribution < -0.4 is 59.1 Å². The smallest absolute Gasteiger partial charge is 0.245 e. The van der Waals surface area contributed by atoms with Crippen molar-refractivity contribution in [3.8, 4) is 0 Å². The van der Waals surface area contributed by atoms with Crippen molar-refractivity contribution >= 4 is 58.7 Å². The fraction of sp³-hybridized carbons (Fsp3) is 0.680. The first-order valence-electron chi connectivity index (χ1n) is 25.3. The normalized spacial score (nSPS) is 14.7. The number of hydrazine groups is 1. The Morgan fingerprint density at radius 1 is 0.507 bits per heavy atom. The van der Waals surface area contributed by atoms with Crippen molar-refractivity contribution < 1.29 is 58.2 Å². The van der Waals surface area contributed by atoms with E-state index in [-0.39, 0.29) is 37.0 Å². The van der Waals surface area contributed by atoms with Crippen molar-refractivity contribution in [2.45, 2.75) is 187 Å². The Hall–Kier alpha value is -5.72. The summed E-state index contributed by atoms with van der Waals surface area (Å²) in [5, 5.41) is 41.9. The molecule has 73 heavy (non-hydrogen) atoms. The number of rotatable bonds is 39. The topological polar surface area (TPSA) is 357 Å². The number of aliphatic hydroxyl groups excluding tert-OH is 2. The Morgan fingerprint density at radius 3 is 1.47 bits per heavy atom. The first-order valence-corrected chi connectivity index (χ1v) is 25.3. The molecule has 412 valence electrons. The third-order valence-electron chi connectivity index (χ3n) is 11.4. The molecule has 0 radical (unpaired) electrons. The van der Waals surface area contributed by atoms with E-state index in [0.29, 0.717) is 37.4 Å². The summed E-state index contributed by atoms with van der Waals surface area (Å²) >= 11 is 0. The highest BCUT2D eigenvalue weighted by Crippen LogP contribution is 2.11. The molecule has 1 aromatic carbocycles. The Labute approximate surface area is 430 Å². The molecule has 0 fully saturated rings. The van der Waals surface area contributed by atoms with Crippen LogP contribution in [0, 0.1) is 5.92 Å². The van der Waals surface area contributed by atoms with Gasteiger partial charge in [-0.25, -0.2) is 10.9 Å². The third-order valence-corrected chi connectivity index (χ3v) is 11.4. The number of ketones is 3. The van der Waals surface area contributed by atoms with Crippen molar-refractivity contribution in [3.63, 3.8) is 0 Å². The number of nitrogens with one attached hydrogen (secondary N) is 10. The highest BCUT2D eigenvalue weighted by atomic mass is 16.3. The van der Waals surface area contributed by atoms with Crippen molar-refractivity contribution in [1.82, 2.24) is 53.4 Å². The van der Waals surface area contributed by atoms with Crippen LogP contribution in [0.5, 0.6) is 0 Å². The number of unbranched alkanes of at least 4 members (excludes halogenated alkanes) is 2. The summed E-state index contributed by atoms with van der Waals surface area (Å²) in [5.41, 5.74) is 11.6. The molecule has 0 bridgehead atoms. The summed E-state index contributed by atoms with van der Waals surface area (Å²) in [6.07, 6.45) is 2.60. The summed E-state index contributed by atoms with van der Waals surface area (Å²) < 4.78 is 0. The zero-order valence-electron chi connectivity index (χ0n) is 44.2. The predicted molar refractivity (Wildman–Crippen MR) is 274 cm³/mol. The largest absolute Gasteiger partial charge is 0.394 e. The van der Waals surface area contributed by atoms with E-state index in [2.05, 4.69) is 53.4 Å². The Balaban J connectivity index is 3.28. The maximum absolute atomic E-state index is 14.1. The van der Waals surface area contributed by atoms with E-state index in [1.807, 2.05) is 41.5 Å². The standard InChI is InChI=1S/C50H85N11O12/c1-29(2)25-39(61-60-36(33(8)64)19-13-15-23-52-30(3)4)44(67)45(68)41(27-62)58-48(71)38(21-22-43(51)66)56-49(72)40(26-35-17-11-10-12-18-35)57-50(73)42(28-63)59-46(69)32(7)54-47(70)37(55-34(9)65)20-14-16-24-53-31(5)6/h10-12,17-18,29-32,36-42,52-53,60-63H,13-16,19-28H2,1-9H3,(H2,51,66)(H,54,70)(H,55,65)(H,56,72)(H,57,73)(H,58,71)(H,59,69)/t32?,36?,37?,38-,39-,40?,41?,42-/m0/s1. The van der Waals surface area contributed by atoms with Crippen LogP contribution in [0.1, 0.15) is 126 Å². The zero-order valence-corrected chi connectivity index (χ0v) is 44.2. The van der Waals surface area contributed by atoms with Gasteiger partial charge in [-0.3, -0.25) is 47.9 Å². The van der Waals surface area contributed by atoms with Crippen LogP contribution in [-0.2, 0) is 54.4 Å². The summed E-state index contributed by atoms with van der Waals surface area (Å²) in [6, 6.07) is -1.73. The van der Waals surface area contributed by atoms with Gasteiger partial charge in [-0.1, -0.05) is 78.3 Å². The molecule has 5 unspecified atom stereocenters. The highest BCUT2D eigenvalue weighted by molar-refractivity contribution is 6.41. The van der Waals surface area contributed by atoms with Gasteiger partial charge in [-0.15, -0.1) is 0 Å². The van der Waals surface area contributed by atoms with Gasteiger partial charge >= 0.3 is 0 Å². The minimum absolute atomic E-state index is 0.124. The molecule has 0 aromatic heterocycles. The van der Waals surface area contributed by atoms with Crippen LogP contribution in [0.3, 0.4) is 0 Å². The molecule has 0 saturated heterocycles. The fourth-order valence-corrected chi connectivity index (χ4v) is 7.36. The number of benzene rings is 1. The van der Waals surface area contributed by atoms with Crippen LogP contribution in [0.25, 0.3) is 0 Å². The van der Waals surface area contributed by atoms with Crippen LogP contribution in [0.4, 0.5) is 0 Å². The van der Waals surface area contributed by atoms with E-state index in [0.717, 1.165) is 19.4 Å². The Morgan fingerprint density at radius 2 is 0.959 bits per heavy atom. The van der Waals surface area contributed by atoms with E-state index in [9.17, 15) is 58.2 Å². The van der Waals surface area contributed by atoms with Gasteiger partial charge < -0.3 is 58.5 Å². The molecule has 7 amide bonds. The molecule has 0 heterocycles. The first-order chi connectivity index (χ1) is 34.4. The number of amides is 7. The minimum Gasteiger partial charge on any atom is -0.394 e. The summed E-state index contributed by atoms with van der Waals surface area (Å²) in [5.74, 6) is -8.46. The van der Waals surface area contributed by atoms with Gasteiger partial charge in [0.1, 0.15) is 42.0 Å². The number of carbonyl (C=O) groups is 10. The summed E-state index contributed by atoms with van der Waals surface area (Å²) in [4.78, 5) is 132. The number of hydrogen-bond acceptors (Lipinski definition) is 16. The van der Waals surface area contributed by atoms with E-state index in [4.69, 9.17) is 5.73 Å². The monoisotopic (exact) mass is 1030 g/mol. The molecule has 0 aliphatic carbocycles. The van der Waals surface area contributed by atoms with Gasteiger partial charge in [-0.2, -0.15) is 0 Å². The second-order valence-electron chi connectivity index (χ2n) is 19.4. The average molecular weight is 1030 g/mol. The van der Waals surface area contributed by atoms with E-state index in [1.165, 1.54) is 20.8 Å². The van der Waals surface area contributed by atoms with Crippen LogP contribution in [0.15, 0.2) is 30.3 Å².